The molecule has 0 unspecified atom stereocenters. The normalized spacial score (nSPS) is 16.1. The first-order valence-corrected chi connectivity index (χ1v) is 19.3. The van der Waals surface area contributed by atoms with Gasteiger partial charge in [0.15, 0.2) is 0 Å². The maximum absolute atomic E-state index is 11.4. The predicted molar refractivity (Wildman–Crippen MR) is 249 cm³/mol. The number of fused-ring (bicyclic) bond motifs is 1. The van der Waals surface area contributed by atoms with Crippen LogP contribution in [0.25, 0.3) is 83.9 Å². The second-order valence-electron chi connectivity index (χ2n) is 15.6. The van der Waals surface area contributed by atoms with Gasteiger partial charge in [0.05, 0.1) is 26.2 Å². The van der Waals surface area contributed by atoms with Gasteiger partial charge in [-0.1, -0.05) is 179 Å². The average molecular weight is 990 g/mol. The number of aromatic nitrogens is 3. The second kappa shape index (κ2) is 16.6. The van der Waals surface area contributed by atoms with Gasteiger partial charge < -0.3 is 5.11 Å². The summed E-state index contributed by atoms with van der Waals surface area (Å²) < 4.78 is 140. The Balaban J connectivity index is 0.00000784. The summed E-state index contributed by atoms with van der Waals surface area (Å²) in [6.07, 6.45) is -0.760. The third-order valence-corrected chi connectivity index (χ3v) is 10.3. The molecule has 0 aliphatic carbocycles. The summed E-state index contributed by atoms with van der Waals surface area (Å²) in [5.41, 5.74) is 0.439. The minimum absolute atomic E-state index is 0. The van der Waals surface area contributed by atoms with Crippen molar-refractivity contribution in [3.05, 3.63) is 193 Å². The largest absolute Gasteiger partial charge is 0.507 e. The Hall–Kier alpha value is -6.35. The number of nitrogens with zero attached hydrogens (tertiary/aromatic N) is 3. The van der Waals surface area contributed by atoms with Crippen molar-refractivity contribution in [1.82, 2.24) is 14.5 Å². The number of para-hydroxylation sites is 2. The van der Waals surface area contributed by atoms with E-state index in [1.807, 2.05) is 95.6 Å². The predicted octanol–water partition coefficient (Wildman–Crippen LogP) is 14.5. The maximum atomic E-state index is 11.4. The number of phenolic OH excluding ortho intramolecular Hbond substituents is 1. The van der Waals surface area contributed by atoms with Crippen LogP contribution >= 0.6 is 0 Å². The molecule has 9 rings (SSSR count). The van der Waals surface area contributed by atoms with Gasteiger partial charge in [-0.15, -0.1) is 23.8 Å². The molecule has 304 valence electrons. The Kier molecular flexibility index (Phi) is 7.10. The number of benzene rings is 7. The summed E-state index contributed by atoms with van der Waals surface area (Å²) in [6.45, 7) is -5.38. The van der Waals surface area contributed by atoms with Gasteiger partial charge in [-0.2, -0.15) is 0 Å². The number of rotatable bonds is 7. The molecule has 0 spiro atoms. The summed E-state index contributed by atoms with van der Waals surface area (Å²) in [4.78, 5) is 9.65. The molecular formula is C56H48N3OPt-. The zero-order valence-electron chi connectivity index (χ0n) is 49.3. The number of hydrogen-bond acceptors (Lipinski definition) is 3. The van der Waals surface area contributed by atoms with Gasteiger partial charge in [0.1, 0.15) is 11.6 Å². The second-order valence-corrected chi connectivity index (χ2v) is 15.6. The van der Waals surface area contributed by atoms with Gasteiger partial charge in [0.25, 0.3) is 0 Å². The van der Waals surface area contributed by atoms with E-state index in [4.69, 9.17) is 25.5 Å². The van der Waals surface area contributed by atoms with Gasteiger partial charge in [-0.05, 0) is 86.1 Å². The Morgan fingerprint density at radius 3 is 1.90 bits per heavy atom. The van der Waals surface area contributed by atoms with Crippen molar-refractivity contribution >= 4 is 11.0 Å². The number of phenols is 1. The smallest absolute Gasteiger partial charge is 0.148 e. The molecule has 2 heterocycles. The molecule has 0 amide bonds. The van der Waals surface area contributed by atoms with Crippen LogP contribution in [0.1, 0.15) is 74.4 Å². The number of aromatic hydroxyl groups is 1. The molecule has 7 aromatic carbocycles. The molecule has 0 radical (unpaired) electrons. The summed E-state index contributed by atoms with van der Waals surface area (Å²) in [5, 5.41) is 11.4. The van der Waals surface area contributed by atoms with Gasteiger partial charge in [-0.3, -0.25) is 9.55 Å². The van der Waals surface area contributed by atoms with Crippen LogP contribution in [-0.2, 0) is 31.9 Å². The fourth-order valence-corrected chi connectivity index (χ4v) is 7.23. The maximum Gasteiger partial charge on any atom is 0.148 e. The van der Waals surface area contributed by atoms with Crippen molar-refractivity contribution in [3.63, 3.8) is 0 Å². The zero-order chi connectivity index (χ0) is 55.2. The molecule has 0 aliphatic heterocycles. The SMILES string of the molecule is [2H]c1nc(-c2[c-]c(-c3cccc4c3nc(-c3ccccc3O)n4-c3cc(-c4ccccc4)cc(C(C)(C)C)c3)cc(-c3ccccc3)c2)c([2H])c(-c2c([2H])c([2H])c(C(C([2H])([2H])[2H])(C([2H])([2H])[2H])C([2H])([2H])[2H])c([2H])c2[2H])c1[2H].[Pt]. The number of hydrogen-bond donors (Lipinski definition) is 1. The van der Waals surface area contributed by atoms with Crippen LogP contribution in [0.2, 0.25) is 0 Å². The van der Waals surface area contributed by atoms with Crippen LogP contribution < -0.4 is 0 Å². The standard InChI is InChI=1S/C56H48N3O.Pt/c1-55(2,3)45-26-24-39(25-27-45)40-28-29-57-50(35-40)44-31-41(37-16-9-7-10-17-37)30-43(32-44)48-21-15-22-51-53(48)58-54(49-20-13-14-23-52(49)60)59(51)47-34-42(38-18-11-8-12-19-38)33-46(36-47)56(4,5)6;/h7-31,33-36,60H,1-6H3;/q-1;/i1D3,2D3,3D3,24D,25D,26D,27D,28D,29D,35D;. The molecule has 5 heteroatoms. The molecule has 0 saturated heterocycles. The molecule has 0 fully saturated rings. The Morgan fingerprint density at radius 1 is 0.590 bits per heavy atom. The molecule has 1 N–H and O–H groups in total. The number of pyridine rings is 1. The van der Waals surface area contributed by atoms with Crippen LogP contribution in [-0.4, -0.2) is 19.6 Å². The van der Waals surface area contributed by atoms with Crippen LogP contribution in [0.3, 0.4) is 0 Å². The number of imidazole rings is 1. The zero-order valence-corrected chi connectivity index (χ0v) is 35.6. The Labute approximate surface area is 396 Å². The quantitative estimate of drug-likeness (QED) is 0.162. The van der Waals surface area contributed by atoms with Gasteiger partial charge >= 0.3 is 0 Å². The minimum Gasteiger partial charge on any atom is -0.507 e. The molecule has 61 heavy (non-hydrogen) atoms. The first-order valence-electron chi connectivity index (χ1n) is 27.3. The first kappa shape index (κ1) is 26.1. The first-order chi connectivity index (χ1) is 35.6. The molecule has 0 saturated carbocycles. The van der Waals surface area contributed by atoms with E-state index < -0.39 is 85.1 Å². The van der Waals surface area contributed by atoms with Crippen LogP contribution in [0.4, 0.5) is 0 Å². The molecule has 4 nitrogen and oxygen atoms in total. The fourth-order valence-electron chi connectivity index (χ4n) is 7.23. The van der Waals surface area contributed by atoms with Crippen molar-refractivity contribution in [2.75, 3.05) is 0 Å². The molecule has 0 aliphatic rings. The molecular weight excluding hydrogens is 926 g/mol. The third kappa shape index (κ3) is 8.38. The van der Waals surface area contributed by atoms with E-state index in [0.29, 0.717) is 44.7 Å². The van der Waals surface area contributed by atoms with E-state index in [1.54, 1.807) is 24.3 Å². The third-order valence-electron chi connectivity index (χ3n) is 10.3. The average Bonchev–Trinajstić information content (AvgIpc) is 3.91. The van der Waals surface area contributed by atoms with E-state index in [-0.39, 0.29) is 43.5 Å². The summed E-state index contributed by atoms with van der Waals surface area (Å²) in [5.74, 6) is 0.418. The van der Waals surface area contributed by atoms with E-state index >= 15 is 0 Å². The van der Waals surface area contributed by atoms with Crippen LogP contribution in [0.5, 0.6) is 5.75 Å². The molecule has 9 aromatic rings. The topological polar surface area (TPSA) is 50.9 Å². The Bertz CT molecular complexity index is 3690. The monoisotopic (exact) mass is 989 g/mol. The summed E-state index contributed by atoms with van der Waals surface area (Å²) in [7, 11) is 0. The van der Waals surface area contributed by atoms with Gasteiger partial charge in [-0.25, -0.2) is 4.98 Å². The van der Waals surface area contributed by atoms with E-state index in [1.165, 1.54) is 0 Å². The minimum atomic E-state index is -3.93. The van der Waals surface area contributed by atoms with Crippen molar-refractivity contribution in [2.45, 2.75) is 52.2 Å². The summed E-state index contributed by atoms with van der Waals surface area (Å²) >= 11 is 0. The molecule has 0 bridgehead atoms. The van der Waals surface area contributed by atoms with E-state index in [2.05, 4.69) is 50.0 Å². The summed E-state index contributed by atoms with van der Waals surface area (Å²) in [6, 6.07) is 38.6. The molecule has 0 atom stereocenters. The van der Waals surface area contributed by atoms with Crippen molar-refractivity contribution in [3.8, 4) is 78.6 Å². The van der Waals surface area contributed by atoms with Crippen molar-refractivity contribution in [2.24, 2.45) is 0 Å². The van der Waals surface area contributed by atoms with Gasteiger partial charge in [0, 0.05) is 51.0 Å². The van der Waals surface area contributed by atoms with Crippen LogP contribution in [0.15, 0.2) is 176 Å². The van der Waals surface area contributed by atoms with Gasteiger partial charge in [0.2, 0.25) is 0 Å². The van der Waals surface area contributed by atoms with E-state index in [9.17, 15) is 6.48 Å². The van der Waals surface area contributed by atoms with Crippen molar-refractivity contribution in [1.29, 1.82) is 0 Å². The van der Waals surface area contributed by atoms with Crippen molar-refractivity contribution < 1.29 is 48.1 Å². The fraction of sp³-hybridized carbons (Fsp3) is 0.143. The van der Waals surface area contributed by atoms with E-state index in [0.717, 1.165) is 22.4 Å². The van der Waals surface area contributed by atoms with Crippen LogP contribution in [0, 0.1) is 6.07 Å². The molecule has 2 aromatic heterocycles. The Morgan fingerprint density at radius 2 is 1.23 bits per heavy atom.